The molecular formula is C15H31NSi2. The summed E-state index contributed by atoms with van der Waals surface area (Å²) >= 11 is 0. The normalized spacial score (nSPS) is 12.2. The lowest BCUT2D eigenvalue weighted by molar-refractivity contribution is 0.698. The van der Waals surface area contributed by atoms with E-state index in [1.165, 1.54) is 12.8 Å². The van der Waals surface area contributed by atoms with Crippen molar-refractivity contribution in [3.63, 3.8) is 0 Å². The molecule has 3 heteroatoms. The molecule has 0 fully saturated rings. The Morgan fingerprint density at radius 3 is 1.94 bits per heavy atom. The molecule has 0 aliphatic heterocycles. The molecule has 0 rings (SSSR count). The van der Waals surface area contributed by atoms with Crippen molar-refractivity contribution in [3.05, 3.63) is 12.7 Å². The molecule has 0 aromatic rings. The molecule has 0 spiro atoms. The predicted molar refractivity (Wildman–Crippen MR) is 89.8 cm³/mol. The van der Waals surface area contributed by atoms with Gasteiger partial charge in [-0.05, 0) is 19.3 Å². The van der Waals surface area contributed by atoms with Crippen molar-refractivity contribution >= 4 is 16.5 Å². The Labute approximate surface area is 117 Å². The first-order chi connectivity index (χ1) is 8.19. The molecule has 0 bridgehead atoms. The Morgan fingerprint density at radius 1 is 0.944 bits per heavy atom. The van der Waals surface area contributed by atoms with E-state index < -0.39 is 16.5 Å². The highest BCUT2D eigenvalue weighted by Crippen LogP contribution is 2.18. The van der Waals surface area contributed by atoms with E-state index in [2.05, 4.69) is 61.9 Å². The lowest BCUT2D eigenvalue weighted by atomic mass is 10.2. The molecule has 0 aromatic heterocycles. The molecule has 0 N–H and O–H groups in total. The van der Waals surface area contributed by atoms with Crippen molar-refractivity contribution < 1.29 is 0 Å². The van der Waals surface area contributed by atoms with Crippen LogP contribution in [0, 0.1) is 11.8 Å². The Kier molecular flexibility index (Phi) is 7.85. The number of allylic oxidation sites excluding steroid dienone is 1. The van der Waals surface area contributed by atoms with Gasteiger partial charge in [-0.2, -0.15) is 0 Å². The highest BCUT2D eigenvalue weighted by Gasteiger charge is 2.33. The molecule has 0 unspecified atom stereocenters. The first kappa shape index (κ1) is 17.7. The fourth-order valence-electron chi connectivity index (χ4n) is 2.21. The van der Waals surface area contributed by atoms with Crippen LogP contribution in [0.1, 0.15) is 25.7 Å². The SMILES string of the molecule is C=CCCCCC#CCN([Si](C)(C)C)[Si](C)(C)C. The van der Waals surface area contributed by atoms with Gasteiger partial charge in [0, 0.05) is 13.0 Å². The van der Waals surface area contributed by atoms with E-state index >= 15 is 0 Å². The molecule has 0 aliphatic carbocycles. The van der Waals surface area contributed by atoms with Crippen LogP contribution in [0.2, 0.25) is 39.3 Å². The average molecular weight is 282 g/mol. The van der Waals surface area contributed by atoms with Crippen molar-refractivity contribution in [2.45, 2.75) is 65.0 Å². The van der Waals surface area contributed by atoms with Gasteiger partial charge in [-0.15, -0.1) is 12.5 Å². The molecule has 0 amide bonds. The summed E-state index contributed by atoms with van der Waals surface area (Å²) in [6.07, 6.45) is 6.59. The third-order valence-electron chi connectivity index (χ3n) is 2.94. The number of hydrogen-bond acceptors (Lipinski definition) is 1. The van der Waals surface area contributed by atoms with Crippen molar-refractivity contribution in [3.8, 4) is 11.8 Å². The molecule has 1 nitrogen and oxygen atoms in total. The summed E-state index contributed by atoms with van der Waals surface area (Å²) in [7, 11) is -2.45. The van der Waals surface area contributed by atoms with Gasteiger partial charge in [0.25, 0.3) is 0 Å². The predicted octanol–water partition coefficient (Wildman–Crippen LogP) is 4.71. The lowest BCUT2D eigenvalue weighted by Crippen LogP contribution is -2.59. The second kappa shape index (κ2) is 7.98. The summed E-state index contributed by atoms with van der Waals surface area (Å²) in [6.45, 7) is 19.3. The molecule has 0 heterocycles. The van der Waals surface area contributed by atoms with Crippen LogP contribution < -0.4 is 0 Å². The van der Waals surface area contributed by atoms with Crippen molar-refractivity contribution in [2.24, 2.45) is 0 Å². The summed E-state index contributed by atoms with van der Waals surface area (Å²) in [5.74, 6) is 6.73. The van der Waals surface area contributed by atoms with Gasteiger partial charge in [-0.1, -0.05) is 51.3 Å². The molecule has 104 valence electrons. The van der Waals surface area contributed by atoms with Gasteiger partial charge in [0.1, 0.15) is 16.5 Å². The van der Waals surface area contributed by atoms with E-state index in [1.807, 2.05) is 6.08 Å². The highest BCUT2D eigenvalue weighted by molar-refractivity contribution is 6.89. The first-order valence-corrected chi connectivity index (χ1v) is 13.9. The third kappa shape index (κ3) is 7.91. The topological polar surface area (TPSA) is 3.24 Å². The largest absolute Gasteiger partial charge is 0.336 e. The minimum atomic E-state index is -1.22. The lowest BCUT2D eigenvalue weighted by Gasteiger charge is -2.42. The Balaban J connectivity index is 4.21. The molecule has 0 aromatic carbocycles. The van der Waals surface area contributed by atoms with Crippen LogP contribution in [0.3, 0.4) is 0 Å². The van der Waals surface area contributed by atoms with Crippen LogP contribution in [0.15, 0.2) is 12.7 Å². The van der Waals surface area contributed by atoms with Crippen molar-refractivity contribution in [1.82, 2.24) is 4.23 Å². The van der Waals surface area contributed by atoms with Gasteiger partial charge in [0.2, 0.25) is 0 Å². The Morgan fingerprint density at radius 2 is 1.50 bits per heavy atom. The van der Waals surface area contributed by atoms with E-state index in [9.17, 15) is 0 Å². The first-order valence-electron chi connectivity index (χ1n) is 7.04. The van der Waals surface area contributed by atoms with E-state index in [4.69, 9.17) is 0 Å². The van der Waals surface area contributed by atoms with Gasteiger partial charge in [0.15, 0.2) is 0 Å². The van der Waals surface area contributed by atoms with Gasteiger partial charge < -0.3 is 4.23 Å². The van der Waals surface area contributed by atoms with Crippen LogP contribution in [-0.4, -0.2) is 27.2 Å². The van der Waals surface area contributed by atoms with Gasteiger partial charge in [-0.25, -0.2) is 0 Å². The Hall–Kier alpha value is -0.306. The zero-order chi connectivity index (χ0) is 14.2. The standard InChI is InChI=1S/C15H31NSi2/c1-8-9-10-11-12-13-14-15-16(17(2,3)4)18(5,6)7/h8H,1,9-12,15H2,2-7H3. The van der Waals surface area contributed by atoms with Crippen LogP contribution in [0.25, 0.3) is 0 Å². The molecule has 18 heavy (non-hydrogen) atoms. The zero-order valence-corrected chi connectivity index (χ0v) is 15.3. The second-order valence-corrected chi connectivity index (χ2v) is 17.0. The summed E-state index contributed by atoms with van der Waals surface area (Å²) < 4.78 is 2.73. The van der Waals surface area contributed by atoms with Crippen molar-refractivity contribution in [2.75, 3.05) is 6.54 Å². The smallest absolute Gasteiger partial charge is 0.113 e. The fourth-order valence-corrected chi connectivity index (χ4v) is 11.4. The summed E-state index contributed by atoms with van der Waals surface area (Å²) in [5, 5.41) is 0. The molecule has 0 radical (unpaired) electrons. The maximum absolute atomic E-state index is 3.74. The van der Waals surface area contributed by atoms with Gasteiger partial charge in [-0.3, -0.25) is 0 Å². The van der Waals surface area contributed by atoms with Crippen molar-refractivity contribution in [1.29, 1.82) is 0 Å². The van der Waals surface area contributed by atoms with Gasteiger partial charge >= 0.3 is 0 Å². The summed E-state index contributed by atoms with van der Waals surface area (Å²) in [6, 6.07) is 0. The minimum Gasteiger partial charge on any atom is -0.336 e. The van der Waals surface area contributed by atoms with Crippen LogP contribution in [0.4, 0.5) is 0 Å². The monoisotopic (exact) mass is 281 g/mol. The quantitative estimate of drug-likeness (QED) is 0.283. The van der Waals surface area contributed by atoms with E-state index in [0.29, 0.717) is 0 Å². The van der Waals surface area contributed by atoms with Crippen LogP contribution in [0.5, 0.6) is 0 Å². The summed E-state index contributed by atoms with van der Waals surface area (Å²) in [5.41, 5.74) is 0. The van der Waals surface area contributed by atoms with Crippen LogP contribution in [-0.2, 0) is 0 Å². The number of nitrogens with zero attached hydrogens (tertiary/aromatic N) is 1. The molecule has 0 atom stereocenters. The van der Waals surface area contributed by atoms with Gasteiger partial charge in [0.05, 0.1) is 0 Å². The average Bonchev–Trinajstić information content (AvgIpc) is 2.18. The van der Waals surface area contributed by atoms with Crippen LogP contribution >= 0.6 is 0 Å². The molecule has 0 aliphatic rings. The fraction of sp³-hybridized carbons (Fsp3) is 0.733. The summed E-state index contributed by atoms with van der Waals surface area (Å²) in [4.78, 5) is 0. The zero-order valence-electron chi connectivity index (χ0n) is 13.3. The maximum atomic E-state index is 3.74. The van der Waals surface area contributed by atoms with E-state index in [0.717, 1.165) is 19.4 Å². The number of rotatable bonds is 7. The minimum absolute atomic E-state index is 0.979. The Bertz CT molecular complexity index is 285. The second-order valence-electron chi connectivity index (χ2n) is 6.82. The molecule has 0 saturated carbocycles. The van der Waals surface area contributed by atoms with E-state index in [-0.39, 0.29) is 0 Å². The molecular weight excluding hydrogens is 250 g/mol. The van der Waals surface area contributed by atoms with E-state index in [1.54, 1.807) is 0 Å². The number of unbranched alkanes of at least 4 members (excludes halogenated alkanes) is 3. The highest BCUT2D eigenvalue weighted by atomic mass is 28.4. The number of hydrogen-bond donors (Lipinski definition) is 0. The maximum Gasteiger partial charge on any atom is 0.113 e. The third-order valence-corrected chi connectivity index (χ3v) is 10.5. The molecule has 0 saturated heterocycles.